The Bertz CT molecular complexity index is 557. The van der Waals surface area contributed by atoms with Crippen LogP contribution in [0.4, 0.5) is 10.1 Å². The van der Waals surface area contributed by atoms with E-state index in [0.29, 0.717) is 5.69 Å². The van der Waals surface area contributed by atoms with Gasteiger partial charge >= 0.3 is 0 Å². The SMILES string of the molecule is CC1(C)CCCC1C(=O)Nc1ccc(F)c(C(N)=S)c1. The standard InChI is InChI=1S/C15H19FN2OS/c1-15(2)7-3-4-11(15)14(19)18-9-5-6-12(16)10(8-9)13(17)20/h5-6,8,11H,3-4,7H2,1-2H3,(H2,17,20)(H,18,19). The molecule has 2 rings (SSSR count). The molecule has 1 aromatic carbocycles. The van der Waals surface area contributed by atoms with E-state index in [4.69, 9.17) is 18.0 Å². The van der Waals surface area contributed by atoms with Crippen LogP contribution in [-0.2, 0) is 4.79 Å². The summed E-state index contributed by atoms with van der Waals surface area (Å²) in [5.41, 5.74) is 6.15. The number of nitrogens with one attached hydrogen (secondary N) is 1. The number of thiocarbonyl (C=S) groups is 1. The number of halogens is 1. The van der Waals surface area contributed by atoms with Crippen LogP contribution in [0.25, 0.3) is 0 Å². The van der Waals surface area contributed by atoms with Crippen molar-refractivity contribution in [2.45, 2.75) is 33.1 Å². The van der Waals surface area contributed by atoms with E-state index in [9.17, 15) is 9.18 Å². The lowest BCUT2D eigenvalue weighted by Gasteiger charge is -2.25. The fraction of sp³-hybridized carbons (Fsp3) is 0.467. The Hall–Kier alpha value is -1.49. The number of benzene rings is 1. The number of carbonyl (C=O) groups is 1. The minimum Gasteiger partial charge on any atom is -0.389 e. The molecular weight excluding hydrogens is 275 g/mol. The molecule has 1 fully saturated rings. The van der Waals surface area contributed by atoms with Crippen molar-refractivity contribution in [2.75, 3.05) is 5.32 Å². The van der Waals surface area contributed by atoms with Crippen LogP contribution in [0.2, 0.25) is 0 Å². The molecule has 0 bridgehead atoms. The van der Waals surface area contributed by atoms with Crippen molar-refractivity contribution in [3.63, 3.8) is 0 Å². The maximum absolute atomic E-state index is 13.5. The van der Waals surface area contributed by atoms with Gasteiger partial charge in [-0.15, -0.1) is 0 Å². The topological polar surface area (TPSA) is 55.1 Å². The van der Waals surface area contributed by atoms with E-state index in [-0.39, 0.29) is 27.8 Å². The molecule has 0 spiro atoms. The lowest BCUT2D eigenvalue weighted by atomic mass is 9.81. The Kier molecular flexibility index (Phi) is 4.09. The fourth-order valence-corrected chi connectivity index (χ4v) is 2.99. The molecule has 1 unspecified atom stereocenters. The number of anilines is 1. The second-order valence-corrected chi connectivity index (χ2v) is 6.42. The first-order valence-electron chi connectivity index (χ1n) is 6.71. The molecule has 1 amide bonds. The molecule has 0 aliphatic heterocycles. The van der Waals surface area contributed by atoms with E-state index in [1.807, 2.05) is 0 Å². The maximum Gasteiger partial charge on any atom is 0.228 e. The molecule has 3 N–H and O–H groups in total. The van der Waals surface area contributed by atoms with E-state index in [0.717, 1.165) is 19.3 Å². The van der Waals surface area contributed by atoms with Gasteiger partial charge in [-0.3, -0.25) is 4.79 Å². The Morgan fingerprint density at radius 3 is 2.75 bits per heavy atom. The molecule has 5 heteroatoms. The van der Waals surface area contributed by atoms with Gasteiger partial charge in [0.2, 0.25) is 5.91 Å². The summed E-state index contributed by atoms with van der Waals surface area (Å²) >= 11 is 4.79. The zero-order chi connectivity index (χ0) is 14.9. The van der Waals surface area contributed by atoms with Crippen LogP contribution in [-0.4, -0.2) is 10.9 Å². The van der Waals surface area contributed by atoms with E-state index < -0.39 is 5.82 Å². The molecule has 108 valence electrons. The molecule has 3 nitrogen and oxygen atoms in total. The summed E-state index contributed by atoms with van der Waals surface area (Å²) in [6.07, 6.45) is 3.00. The number of nitrogens with two attached hydrogens (primary N) is 1. The summed E-state index contributed by atoms with van der Waals surface area (Å²) in [5, 5.41) is 2.84. The lowest BCUT2D eigenvalue weighted by molar-refractivity contribution is -0.122. The number of rotatable bonds is 3. The zero-order valence-corrected chi connectivity index (χ0v) is 12.5. The summed E-state index contributed by atoms with van der Waals surface area (Å²) in [5.74, 6) is -0.509. The van der Waals surface area contributed by atoms with Crippen molar-refractivity contribution in [1.29, 1.82) is 0 Å². The average molecular weight is 294 g/mol. The van der Waals surface area contributed by atoms with Crippen molar-refractivity contribution < 1.29 is 9.18 Å². The predicted molar refractivity (Wildman–Crippen MR) is 82.0 cm³/mol. The second-order valence-electron chi connectivity index (χ2n) is 5.98. The highest BCUT2D eigenvalue weighted by molar-refractivity contribution is 7.80. The highest BCUT2D eigenvalue weighted by atomic mass is 32.1. The number of hydrogen-bond acceptors (Lipinski definition) is 2. The average Bonchev–Trinajstić information content (AvgIpc) is 2.71. The Morgan fingerprint density at radius 2 is 2.20 bits per heavy atom. The van der Waals surface area contributed by atoms with E-state index >= 15 is 0 Å². The third-order valence-corrected chi connectivity index (χ3v) is 4.29. The summed E-state index contributed by atoms with van der Waals surface area (Å²) in [6, 6.07) is 4.28. The van der Waals surface area contributed by atoms with Gasteiger partial charge in [0.15, 0.2) is 0 Å². The first-order valence-corrected chi connectivity index (χ1v) is 7.12. The van der Waals surface area contributed by atoms with Crippen molar-refractivity contribution in [3.8, 4) is 0 Å². The van der Waals surface area contributed by atoms with Gasteiger partial charge in [0, 0.05) is 17.2 Å². The third-order valence-electron chi connectivity index (χ3n) is 4.07. The number of hydrogen-bond donors (Lipinski definition) is 2. The van der Waals surface area contributed by atoms with Gasteiger partial charge in [-0.1, -0.05) is 32.5 Å². The van der Waals surface area contributed by atoms with Crippen molar-refractivity contribution in [2.24, 2.45) is 17.1 Å². The molecule has 1 saturated carbocycles. The maximum atomic E-state index is 13.5. The van der Waals surface area contributed by atoms with Crippen molar-refractivity contribution in [3.05, 3.63) is 29.6 Å². The summed E-state index contributed by atoms with van der Waals surface area (Å²) in [6.45, 7) is 4.21. The molecule has 0 heterocycles. The monoisotopic (exact) mass is 294 g/mol. The molecule has 1 aliphatic carbocycles. The van der Waals surface area contributed by atoms with Gasteiger partial charge in [-0.2, -0.15) is 0 Å². The minimum atomic E-state index is -0.475. The third kappa shape index (κ3) is 2.98. The van der Waals surface area contributed by atoms with E-state index in [1.165, 1.54) is 18.2 Å². The van der Waals surface area contributed by atoms with Gasteiger partial charge in [0.1, 0.15) is 10.8 Å². The van der Waals surface area contributed by atoms with Crippen LogP contribution in [0.15, 0.2) is 18.2 Å². The highest BCUT2D eigenvalue weighted by Crippen LogP contribution is 2.43. The minimum absolute atomic E-state index is 0.0100. The van der Waals surface area contributed by atoms with Crippen LogP contribution in [0.1, 0.15) is 38.7 Å². The molecule has 1 atom stereocenters. The summed E-state index contributed by atoms with van der Waals surface area (Å²) in [4.78, 5) is 12.3. The normalized spacial score (nSPS) is 20.6. The fourth-order valence-electron chi connectivity index (χ4n) is 2.83. The Balaban J connectivity index is 2.16. The van der Waals surface area contributed by atoms with Gasteiger partial charge in [-0.25, -0.2) is 4.39 Å². The number of carbonyl (C=O) groups excluding carboxylic acids is 1. The largest absolute Gasteiger partial charge is 0.389 e. The van der Waals surface area contributed by atoms with Crippen LogP contribution in [0, 0.1) is 17.2 Å². The summed E-state index contributed by atoms with van der Waals surface area (Å²) in [7, 11) is 0. The molecule has 0 saturated heterocycles. The summed E-state index contributed by atoms with van der Waals surface area (Å²) < 4.78 is 13.5. The smallest absolute Gasteiger partial charge is 0.228 e. The molecular formula is C15H19FN2OS. The van der Waals surface area contributed by atoms with Crippen LogP contribution in [0.5, 0.6) is 0 Å². The molecule has 1 aromatic rings. The molecule has 20 heavy (non-hydrogen) atoms. The van der Waals surface area contributed by atoms with Crippen LogP contribution >= 0.6 is 12.2 Å². The molecule has 0 radical (unpaired) electrons. The highest BCUT2D eigenvalue weighted by Gasteiger charge is 2.39. The first-order chi connectivity index (χ1) is 9.31. The van der Waals surface area contributed by atoms with Crippen molar-refractivity contribution >= 4 is 28.8 Å². The van der Waals surface area contributed by atoms with Gasteiger partial charge < -0.3 is 11.1 Å². The predicted octanol–water partition coefficient (Wildman–Crippen LogP) is 3.22. The molecule has 1 aliphatic rings. The zero-order valence-electron chi connectivity index (χ0n) is 11.7. The van der Waals surface area contributed by atoms with Gasteiger partial charge in [0.25, 0.3) is 0 Å². The quantitative estimate of drug-likeness (QED) is 0.842. The van der Waals surface area contributed by atoms with Crippen LogP contribution in [0.3, 0.4) is 0 Å². The molecule has 0 aromatic heterocycles. The van der Waals surface area contributed by atoms with Gasteiger partial charge in [0.05, 0.1) is 0 Å². The second kappa shape index (κ2) is 5.48. The van der Waals surface area contributed by atoms with E-state index in [1.54, 1.807) is 0 Å². The van der Waals surface area contributed by atoms with Gasteiger partial charge in [-0.05, 0) is 36.5 Å². The van der Waals surface area contributed by atoms with Crippen LogP contribution < -0.4 is 11.1 Å². The number of amides is 1. The van der Waals surface area contributed by atoms with E-state index in [2.05, 4.69) is 19.2 Å². The first kappa shape index (κ1) is 14.9. The Morgan fingerprint density at radius 1 is 1.50 bits per heavy atom. The lowest BCUT2D eigenvalue weighted by Crippen LogP contribution is -2.30. The Labute approximate surface area is 123 Å². The van der Waals surface area contributed by atoms with Crippen molar-refractivity contribution in [1.82, 2.24) is 0 Å².